The van der Waals surface area contributed by atoms with E-state index in [0.29, 0.717) is 36.4 Å². The first kappa shape index (κ1) is 23.2. The summed E-state index contributed by atoms with van der Waals surface area (Å²) in [5.74, 6) is 0.778. The zero-order valence-electron chi connectivity index (χ0n) is 15.6. The molecule has 0 unspecified atom stereocenters. The Morgan fingerprint density at radius 1 is 1.14 bits per heavy atom. The fourth-order valence-electron chi connectivity index (χ4n) is 3.08. The molecule has 0 amide bonds. The predicted octanol–water partition coefficient (Wildman–Crippen LogP) is -0.804. The molecule has 0 radical (unpaired) electrons. The molecule has 2 N–H and O–H groups in total. The van der Waals surface area contributed by atoms with Gasteiger partial charge in [-0.25, -0.2) is 16.8 Å². The summed E-state index contributed by atoms with van der Waals surface area (Å²) in [6.07, 6.45) is 0.472. The third-order valence-electron chi connectivity index (χ3n) is 4.81. The zero-order chi connectivity index (χ0) is 21.0. The Bertz CT molecular complexity index is 748. The van der Waals surface area contributed by atoms with E-state index in [1.54, 1.807) is 7.05 Å². The highest BCUT2D eigenvalue weighted by Crippen LogP contribution is 2.28. The van der Waals surface area contributed by atoms with Crippen molar-refractivity contribution in [2.75, 3.05) is 57.8 Å². The second-order valence-corrected chi connectivity index (χ2v) is 11.0. The maximum absolute atomic E-state index is 12.6. The Balaban J connectivity index is 1.73. The molecule has 164 valence electrons. The summed E-state index contributed by atoms with van der Waals surface area (Å²) in [6, 6.07) is -0.189. The fraction of sp³-hybridized carbons (Fsp3) is 0.929. The number of piperidine rings is 1. The van der Waals surface area contributed by atoms with Gasteiger partial charge in [-0.1, -0.05) is 0 Å². The molecule has 0 bridgehead atoms. The van der Waals surface area contributed by atoms with Crippen LogP contribution in [0.25, 0.3) is 0 Å². The van der Waals surface area contributed by atoms with Crippen LogP contribution in [0.5, 0.6) is 0 Å². The highest BCUT2D eigenvalue weighted by molar-refractivity contribution is 7.91. The SMILES string of the molecule is CN=C(NCCN1CCS(=O)(=O)CC1)NC1CCN(S(=O)(=O)C(F)(F)F)CC1. The van der Waals surface area contributed by atoms with Gasteiger partial charge in [0.25, 0.3) is 0 Å². The predicted molar refractivity (Wildman–Crippen MR) is 99.2 cm³/mol. The highest BCUT2D eigenvalue weighted by atomic mass is 32.2. The molecule has 0 saturated carbocycles. The van der Waals surface area contributed by atoms with Gasteiger partial charge < -0.3 is 10.6 Å². The average molecular weight is 450 g/mol. The number of nitrogens with one attached hydrogen (secondary N) is 2. The van der Waals surface area contributed by atoms with Gasteiger partial charge in [-0.05, 0) is 12.8 Å². The van der Waals surface area contributed by atoms with Crippen molar-refractivity contribution >= 4 is 25.8 Å². The third-order valence-corrected chi connectivity index (χ3v) is 8.05. The molecular weight excluding hydrogens is 423 g/mol. The summed E-state index contributed by atoms with van der Waals surface area (Å²) in [6.45, 7) is 1.72. The van der Waals surface area contributed by atoms with Crippen LogP contribution in [0.15, 0.2) is 4.99 Å². The number of halogens is 3. The number of sulfone groups is 1. The second-order valence-electron chi connectivity index (χ2n) is 6.76. The highest BCUT2D eigenvalue weighted by Gasteiger charge is 2.50. The fourth-order valence-corrected chi connectivity index (χ4v) is 5.34. The van der Waals surface area contributed by atoms with Gasteiger partial charge in [-0.2, -0.15) is 17.5 Å². The van der Waals surface area contributed by atoms with E-state index in [4.69, 9.17) is 0 Å². The average Bonchev–Trinajstić information content (AvgIpc) is 2.61. The summed E-state index contributed by atoms with van der Waals surface area (Å²) in [5, 5.41) is 6.18. The Hall–Kier alpha value is -1.12. The molecule has 2 fully saturated rings. The molecule has 14 heteroatoms. The van der Waals surface area contributed by atoms with Crippen molar-refractivity contribution in [2.45, 2.75) is 24.4 Å². The maximum atomic E-state index is 12.6. The van der Waals surface area contributed by atoms with Gasteiger partial charge >= 0.3 is 15.5 Å². The molecule has 2 rings (SSSR count). The van der Waals surface area contributed by atoms with Gasteiger partial charge in [0, 0.05) is 52.4 Å². The van der Waals surface area contributed by atoms with Crippen LogP contribution in [-0.2, 0) is 19.9 Å². The van der Waals surface area contributed by atoms with E-state index in [0.717, 1.165) is 0 Å². The summed E-state index contributed by atoms with van der Waals surface area (Å²) < 4.78 is 83.9. The molecule has 0 atom stereocenters. The zero-order valence-corrected chi connectivity index (χ0v) is 17.2. The Morgan fingerprint density at radius 2 is 1.71 bits per heavy atom. The van der Waals surface area contributed by atoms with E-state index < -0.39 is 25.4 Å². The van der Waals surface area contributed by atoms with Crippen molar-refractivity contribution in [3.63, 3.8) is 0 Å². The topological polar surface area (TPSA) is 111 Å². The first-order chi connectivity index (χ1) is 12.9. The molecular formula is C14H26F3N5O4S2. The summed E-state index contributed by atoms with van der Waals surface area (Å²) in [4.78, 5) is 6.09. The lowest BCUT2D eigenvalue weighted by atomic mass is 10.1. The van der Waals surface area contributed by atoms with Crippen molar-refractivity contribution in [3.8, 4) is 0 Å². The minimum Gasteiger partial charge on any atom is -0.355 e. The summed E-state index contributed by atoms with van der Waals surface area (Å²) in [5.41, 5.74) is -5.28. The molecule has 2 saturated heterocycles. The lowest BCUT2D eigenvalue weighted by molar-refractivity contribution is -0.0494. The number of hydrogen-bond acceptors (Lipinski definition) is 6. The Morgan fingerprint density at radius 3 is 2.21 bits per heavy atom. The largest absolute Gasteiger partial charge is 0.511 e. The molecule has 2 aliphatic rings. The van der Waals surface area contributed by atoms with E-state index >= 15 is 0 Å². The van der Waals surface area contributed by atoms with E-state index in [1.807, 2.05) is 4.90 Å². The van der Waals surface area contributed by atoms with Gasteiger partial charge in [0.05, 0.1) is 11.5 Å². The van der Waals surface area contributed by atoms with Crippen LogP contribution in [0.2, 0.25) is 0 Å². The number of hydrogen-bond donors (Lipinski definition) is 2. The number of rotatable bonds is 5. The van der Waals surface area contributed by atoms with Crippen LogP contribution in [0.3, 0.4) is 0 Å². The van der Waals surface area contributed by atoms with Crippen molar-refractivity contribution in [1.82, 2.24) is 19.8 Å². The first-order valence-corrected chi connectivity index (χ1v) is 12.2. The van der Waals surface area contributed by atoms with E-state index in [-0.39, 0.29) is 43.5 Å². The van der Waals surface area contributed by atoms with Gasteiger partial charge in [0.15, 0.2) is 15.8 Å². The van der Waals surface area contributed by atoms with E-state index in [1.165, 1.54) is 0 Å². The standard InChI is InChI=1S/C14H26F3N5O4S2/c1-18-13(19-4-7-21-8-10-27(23,24)11-9-21)20-12-2-5-22(6-3-12)28(25,26)14(15,16)17/h12H,2-11H2,1H3,(H2,18,19,20). The van der Waals surface area contributed by atoms with E-state index in [2.05, 4.69) is 15.6 Å². The Kier molecular flexibility index (Phi) is 7.56. The van der Waals surface area contributed by atoms with Crippen molar-refractivity contribution in [1.29, 1.82) is 0 Å². The van der Waals surface area contributed by atoms with E-state index in [9.17, 15) is 30.0 Å². The molecule has 9 nitrogen and oxygen atoms in total. The lowest BCUT2D eigenvalue weighted by Gasteiger charge is -2.32. The normalized spacial score (nSPS) is 23.5. The van der Waals surface area contributed by atoms with Gasteiger partial charge in [0.1, 0.15) is 0 Å². The Labute approximate surface area is 163 Å². The van der Waals surface area contributed by atoms with Crippen LogP contribution in [0.1, 0.15) is 12.8 Å². The first-order valence-electron chi connectivity index (χ1n) is 8.91. The molecule has 2 aliphatic heterocycles. The van der Waals surface area contributed by atoms with Crippen LogP contribution >= 0.6 is 0 Å². The minimum atomic E-state index is -5.28. The van der Waals surface area contributed by atoms with Crippen molar-refractivity contribution < 1.29 is 30.0 Å². The lowest BCUT2D eigenvalue weighted by Crippen LogP contribution is -2.52. The quantitative estimate of drug-likeness (QED) is 0.417. The minimum absolute atomic E-state index is 0.152. The molecule has 0 aromatic heterocycles. The molecule has 0 aromatic rings. The van der Waals surface area contributed by atoms with Gasteiger partial charge in [-0.15, -0.1) is 0 Å². The molecule has 2 heterocycles. The van der Waals surface area contributed by atoms with Crippen LogP contribution in [0, 0.1) is 0 Å². The molecule has 28 heavy (non-hydrogen) atoms. The third kappa shape index (κ3) is 6.19. The number of alkyl halides is 3. The number of aliphatic imine (C=N–C) groups is 1. The van der Waals surface area contributed by atoms with Crippen molar-refractivity contribution in [2.24, 2.45) is 4.99 Å². The van der Waals surface area contributed by atoms with Gasteiger partial charge in [0.2, 0.25) is 0 Å². The molecule has 0 aliphatic carbocycles. The smallest absolute Gasteiger partial charge is 0.355 e. The van der Waals surface area contributed by atoms with Crippen LogP contribution in [-0.4, -0.2) is 101 Å². The monoisotopic (exact) mass is 449 g/mol. The summed E-state index contributed by atoms with van der Waals surface area (Å²) >= 11 is 0. The molecule has 0 spiro atoms. The van der Waals surface area contributed by atoms with Crippen LogP contribution in [0.4, 0.5) is 13.2 Å². The number of nitrogens with zero attached hydrogens (tertiary/aromatic N) is 3. The number of sulfonamides is 1. The maximum Gasteiger partial charge on any atom is 0.511 e. The second kappa shape index (κ2) is 9.13. The van der Waals surface area contributed by atoms with Crippen molar-refractivity contribution in [3.05, 3.63) is 0 Å². The summed E-state index contributed by atoms with van der Waals surface area (Å²) in [7, 11) is -6.64. The van der Waals surface area contributed by atoms with Gasteiger partial charge in [-0.3, -0.25) is 9.89 Å². The molecule has 0 aromatic carbocycles. The number of guanidine groups is 1. The van der Waals surface area contributed by atoms with Crippen LogP contribution < -0.4 is 10.6 Å².